The van der Waals surface area contributed by atoms with Crippen LogP contribution in [0.3, 0.4) is 0 Å². The fourth-order valence-corrected chi connectivity index (χ4v) is 4.30. The highest BCUT2D eigenvalue weighted by Crippen LogP contribution is 2.22. The average Bonchev–Trinajstić information content (AvgIpc) is 3.26. The van der Waals surface area contributed by atoms with Gasteiger partial charge in [-0.2, -0.15) is 0 Å². The molecule has 2 heterocycles. The molecular weight excluding hydrogens is 369 g/mol. The Labute approximate surface area is 155 Å². The second-order valence-electron chi connectivity index (χ2n) is 6.04. The van der Waals surface area contributed by atoms with Crippen molar-refractivity contribution in [2.75, 3.05) is 31.3 Å². The van der Waals surface area contributed by atoms with Crippen LogP contribution in [0.15, 0.2) is 18.2 Å². The average molecular weight is 388 g/mol. The molecule has 2 amide bonds. The van der Waals surface area contributed by atoms with Crippen molar-refractivity contribution in [3.05, 3.63) is 33.8 Å². The maximum absolute atomic E-state index is 12.4. The Hall–Kier alpha value is -0.950. The molecule has 0 saturated carbocycles. The van der Waals surface area contributed by atoms with Crippen molar-refractivity contribution in [3.63, 3.8) is 0 Å². The number of carbonyl (C=O) groups excluding carboxylic acids is 2. The van der Waals surface area contributed by atoms with Gasteiger partial charge in [-0.05, 0) is 30.5 Å². The summed E-state index contributed by atoms with van der Waals surface area (Å²) in [5, 5.41) is 7.00. The molecule has 0 bridgehead atoms. The van der Waals surface area contributed by atoms with Crippen molar-refractivity contribution in [2.24, 2.45) is 5.92 Å². The summed E-state index contributed by atoms with van der Waals surface area (Å²) in [4.78, 5) is 26.5. The molecule has 5 nitrogen and oxygen atoms in total. The largest absolute Gasteiger partial charge is 0.352 e. The SMILES string of the molecule is O=C(NCC1CNC(C(=O)N2CCSC2)C1)c1cc(Cl)ccc1Cl. The van der Waals surface area contributed by atoms with Crippen LogP contribution in [0.1, 0.15) is 16.8 Å². The van der Waals surface area contributed by atoms with Crippen molar-refractivity contribution >= 4 is 46.8 Å². The first-order valence-electron chi connectivity index (χ1n) is 7.88. The predicted octanol–water partition coefficient (Wildman–Crippen LogP) is 2.23. The van der Waals surface area contributed by atoms with Gasteiger partial charge in [-0.25, -0.2) is 0 Å². The first-order valence-corrected chi connectivity index (χ1v) is 9.79. The number of hydrogen-bond donors (Lipinski definition) is 2. The number of benzene rings is 1. The van der Waals surface area contributed by atoms with Gasteiger partial charge in [-0.1, -0.05) is 23.2 Å². The Morgan fingerprint density at radius 1 is 1.38 bits per heavy atom. The van der Waals surface area contributed by atoms with Crippen LogP contribution < -0.4 is 10.6 Å². The molecule has 2 saturated heterocycles. The number of hydrogen-bond acceptors (Lipinski definition) is 4. The van der Waals surface area contributed by atoms with E-state index in [-0.39, 0.29) is 23.8 Å². The van der Waals surface area contributed by atoms with E-state index in [2.05, 4.69) is 10.6 Å². The molecule has 24 heavy (non-hydrogen) atoms. The normalized spacial score (nSPS) is 23.5. The number of thioether (sulfide) groups is 1. The summed E-state index contributed by atoms with van der Waals surface area (Å²) < 4.78 is 0. The third-order valence-electron chi connectivity index (χ3n) is 4.31. The van der Waals surface area contributed by atoms with E-state index in [1.807, 2.05) is 4.90 Å². The zero-order valence-corrected chi connectivity index (χ0v) is 15.4. The molecular formula is C16H19Cl2N3O2S. The molecule has 2 aliphatic heterocycles. The lowest BCUT2D eigenvalue weighted by molar-refractivity contribution is -0.131. The van der Waals surface area contributed by atoms with E-state index in [1.54, 1.807) is 30.0 Å². The molecule has 2 unspecified atom stereocenters. The minimum Gasteiger partial charge on any atom is -0.352 e. The van der Waals surface area contributed by atoms with Crippen LogP contribution >= 0.6 is 35.0 Å². The first-order chi connectivity index (χ1) is 11.5. The van der Waals surface area contributed by atoms with E-state index in [0.717, 1.165) is 31.1 Å². The van der Waals surface area contributed by atoms with Gasteiger partial charge in [0.25, 0.3) is 5.91 Å². The Kier molecular flexibility index (Phi) is 5.92. The number of carbonyl (C=O) groups is 2. The highest BCUT2D eigenvalue weighted by Gasteiger charge is 2.33. The second-order valence-corrected chi connectivity index (χ2v) is 7.95. The van der Waals surface area contributed by atoms with Gasteiger partial charge >= 0.3 is 0 Å². The van der Waals surface area contributed by atoms with Crippen molar-refractivity contribution in [3.8, 4) is 0 Å². The fraction of sp³-hybridized carbons (Fsp3) is 0.500. The summed E-state index contributed by atoms with van der Waals surface area (Å²) in [6.45, 7) is 2.06. The summed E-state index contributed by atoms with van der Waals surface area (Å²) >= 11 is 13.7. The third-order valence-corrected chi connectivity index (χ3v) is 5.84. The molecule has 2 aliphatic rings. The lowest BCUT2D eigenvalue weighted by Crippen LogP contribution is -2.42. The monoisotopic (exact) mass is 387 g/mol. The molecule has 2 atom stereocenters. The fourth-order valence-electron chi connectivity index (χ4n) is 2.96. The van der Waals surface area contributed by atoms with E-state index >= 15 is 0 Å². The van der Waals surface area contributed by atoms with E-state index in [0.29, 0.717) is 22.2 Å². The molecule has 8 heteroatoms. The topological polar surface area (TPSA) is 61.4 Å². The van der Waals surface area contributed by atoms with Crippen LogP contribution in [-0.4, -0.2) is 54.0 Å². The van der Waals surface area contributed by atoms with Gasteiger partial charge in [0.1, 0.15) is 0 Å². The van der Waals surface area contributed by atoms with E-state index in [9.17, 15) is 9.59 Å². The Balaban J connectivity index is 1.50. The lowest BCUT2D eigenvalue weighted by Gasteiger charge is -2.19. The zero-order valence-electron chi connectivity index (χ0n) is 13.1. The summed E-state index contributed by atoms with van der Waals surface area (Å²) in [5.41, 5.74) is 0.372. The maximum atomic E-state index is 12.4. The first kappa shape index (κ1) is 17.9. The van der Waals surface area contributed by atoms with Crippen LogP contribution in [0.25, 0.3) is 0 Å². The van der Waals surface area contributed by atoms with Gasteiger partial charge in [0.15, 0.2) is 0 Å². The lowest BCUT2D eigenvalue weighted by atomic mass is 10.0. The van der Waals surface area contributed by atoms with E-state index in [1.165, 1.54) is 0 Å². The standard InChI is InChI=1S/C16H19Cl2N3O2S/c17-11-1-2-13(18)12(6-11)15(22)20-8-10-5-14(19-7-10)16(23)21-3-4-24-9-21/h1-2,6,10,14,19H,3-5,7-9H2,(H,20,22). The highest BCUT2D eigenvalue weighted by molar-refractivity contribution is 7.99. The summed E-state index contributed by atoms with van der Waals surface area (Å²) in [7, 11) is 0. The van der Waals surface area contributed by atoms with Crippen LogP contribution in [-0.2, 0) is 4.79 Å². The van der Waals surface area contributed by atoms with Gasteiger partial charge in [-0.3, -0.25) is 9.59 Å². The van der Waals surface area contributed by atoms with Crippen molar-refractivity contribution < 1.29 is 9.59 Å². The Bertz CT molecular complexity index is 638. The van der Waals surface area contributed by atoms with E-state index in [4.69, 9.17) is 23.2 Å². The van der Waals surface area contributed by atoms with E-state index < -0.39 is 0 Å². The third kappa shape index (κ3) is 4.17. The molecule has 3 rings (SSSR count). The minimum atomic E-state index is -0.242. The van der Waals surface area contributed by atoms with Gasteiger partial charge in [0.05, 0.1) is 22.5 Å². The van der Waals surface area contributed by atoms with Crippen molar-refractivity contribution in [1.29, 1.82) is 0 Å². The Morgan fingerprint density at radius 3 is 2.96 bits per heavy atom. The van der Waals surface area contributed by atoms with Crippen LogP contribution in [0, 0.1) is 5.92 Å². The number of rotatable bonds is 4. The van der Waals surface area contributed by atoms with Gasteiger partial charge in [-0.15, -0.1) is 11.8 Å². The number of halogens is 2. The molecule has 1 aromatic rings. The molecule has 0 aliphatic carbocycles. The number of nitrogens with one attached hydrogen (secondary N) is 2. The van der Waals surface area contributed by atoms with Crippen molar-refractivity contribution in [2.45, 2.75) is 12.5 Å². The zero-order chi connectivity index (χ0) is 17.1. The molecule has 1 aromatic carbocycles. The van der Waals surface area contributed by atoms with Crippen LogP contribution in [0.2, 0.25) is 10.0 Å². The molecule has 130 valence electrons. The van der Waals surface area contributed by atoms with Crippen LogP contribution in [0.4, 0.5) is 0 Å². The summed E-state index contributed by atoms with van der Waals surface area (Å²) in [5.74, 6) is 1.96. The predicted molar refractivity (Wildman–Crippen MR) is 97.7 cm³/mol. The summed E-state index contributed by atoms with van der Waals surface area (Å²) in [6, 6.07) is 4.68. The van der Waals surface area contributed by atoms with Crippen LogP contribution in [0.5, 0.6) is 0 Å². The highest BCUT2D eigenvalue weighted by atomic mass is 35.5. The van der Waals surface area contributed by atoms with Gasteiger partial charge < -0.3 is 15.5 Å². The smallest absolute Gasteiger partial charge is 0.252 e. The second kappa shape index (κ2) is 7.95. The van der Waals surface area contributed by atoms with Gasteiger partial charge in [0, 0.05) is 30.4 Å². The maximum Gasteiger partial charge on any atom is 0.252 e. The minimum absolute atomic E-state index is 0.139. The molecule has 0 spiro atoms. The molecule has 0 aromatic heterocycles. The molecule has 0 radical (unpaired) electrons. The number of nitrogens with zero attached hydrogens (tertiary/aromatic N) is 1. The molecule has 2 fully saturated rings. The summed E-state index contributed by atoms with van der Waals surface area (Å²) in [6.07, 6.45) is 0.740. The Morgan fingerprint density at radius 2 is 2.21 bits per heavy atom. The quantitative estimate of drug-likeness (QED) is 0.831. The molecule has 2 N–H and O–H groups in total. The number of amides is 2. The van der Waals surface area contributed by atoms with Gasteiger partial charge in [0.2, 0.25) is 5.91 Å². The van der Waals surface area contributed by atoms with Crippen molar-refractivity contribution in [1.82, 2.24) is 15.5 Å².